The maximum atomic E-state index is 13.6. The molecular weight excluding hydrogens is 1710 g/mol. The molecule has 8 saturated carbocycles. The number of carbonyl (C=O) groups excluding carboxylic acids is 13. The lowest BCUT2D eigenvalue weighted by atomic mass is 9.80. The third kappa shape index (κ3) is 19.2. The van der Waals surface area contributed by atoms with E-state index in [0.29, 0.717) is 132 Å². The number of aliphatic hydroxyl groups is 1. The van der Waals surface area contributed by atoms with Gasteiger partial charge in [0, 0.05) is 114 Å². The number of thiazole rings is 1. The normalized spacial score (nSPS) is 20.3. The zero-order valence-corrected chi connectivity index (χ0v) is 77.2. The number of benzene rings is 3. The maximum absolute atomic E-state index is 13.6. The molecule has 9 aromatic rings. The Hall–Kier alpha value is -12.9. The summed E-state index contributed by atoms with van der Waals surface area (Å²) < 4.78 is 64.9. The van der Waals surface area contributed by atoms with Crippen LogP contribution in [0.15, 0.2) is 72.9 Å². The molecule has 5 unspecified atom stereocenters. The summed E-state index contributed by atoms with van der Waals surface area (Å²) in [6.07, 6.45) is 14.4. The van der Waals surface area contributed by atoms with Crippen LogP contribution in [0.5, 0.6) is 0 Å². The van der Waals surface area contributed by atoms with Gasteiger partial charge in [0.25, 0.3) is 70.4 Å². The molecular formula is C97H110F4N14O15S. The van der Waals surface area contributed by atoms with E-state index in [-0.39, 0.29) is 75.0 Å². The first kappa shape index (κ1) is 95.7. The number of amides is 8. The average Bonchev–Trinajstić information content (AvgIpc) is 1.58. The predicted octanol–water partition coefficient (Wildman–Crippen LogP) is 13.1. The first-order valence-corrected chi connectivity index (χ1v) is 44.6. The third-order valence-corrected chi connectivity index (χ3v) is 28.7. The molecule has 8 bridgehead atoms. The Morgan fingerprint density at radius 2 is 0.817 bits per heavy atom. The molecule has 34 heteroatoms. The molecule has 9 N–H and O–H groups in total. The smallest absolute Gasteiger partial charge is 0.331 e. The number of aryl methyl sites for hydroxylation is 5. The Labute approximate surface area is 759 Å². The molecule has 0 saturated heterocycles. The predicted molar refractivity (Wildman–Crippen MR) is 482 cm³/mol. The minimum Gasteiger partial charge on any atom is -0.464 e. The number of nitrogens with one attached hydrogen (secondary N) is 8. The summed E-state index contributed by atoms with van der Waals surface area (Å²) in [6.45, 7) is 21.0. The van der Waals surface area contributed by atoms with Gasteiger partial charge in [-0.2, -0.15) is 4.39 Å². The minimum absolute atomic E-state index is 0.0408. The van der Waals surface area contributed by atoms with Crippen molar-refractivity contribution in [3.05, 3.63) is 219 Å². The number of carbonyl (C=O) groups is 13. The van der Waals surface area contributed by atoms with Crippen molar-refractivity contribution in [2.45, 2.75) is 197 Å². The highest BCUT2D eigenvalue weighted by Gasteiger charge is 2.60. The lowest BCUT2D eigenvalue weighted by molar-refractivity contribution is -0.148. The van der Waals surface area contributed by atoms with E-state index < -0.39 is 101 Å². The van der Waals surface area contributed by atoms with Crippen LogP contribution in [0.25, 0.3) is 0 Å². The number of fused-ring (bicyclic) bond motifs is 1. The molecule has 29 nitrogen and oxygen atoms in total. The Morgan fingerprint density at radius 1 is 0.473 bits per heavy atom. The molecule has 18 rings (SSSR count). The number of halogens is 4. The standard InChI is InChI=1S/C26H30FN3O3.C25H27FN4O3S.C24H27FN4O3.C22H26FN3O6/c1-13-7-19(5-6-20(13)27)28-24(32)21-14(2)22(30(4)15(21)3)23(31)25(33)29-26-11-16-8-17(12-26)10-18(26)9-16;1-12-10-16(6-8-18(12)26)28-24(32)21-13(2)22(30(5)14(21)3)23(31)25(33)29-17-7-9-19-20(11-17)34-15(4)27-19;1-12-19(22(31)27-17-4-5-26-18(25)9-17)13(2)29(3)20(12)21(30)23(32)28-24-10-14-6-15(11-24)8-16(24)7-14;1-6-32-22(31)16(10-27)25-21(30)19(28)18-12(3)17(13(4)26(18)5)20(29)24-14-7-8-15(23)11(2)9-14/h5-7,16-18H,8-12H2,1-4H3,(H,28,32)(H,29,33);6,8,10,17H,7,9,11H2,1-5H3,(H,28,32)(H,29,33);4-5,9,14-16H,6-8,10-11H2,1-3H3,(H,28,32)(H,26,27,31);7-9,16,27H,6,10H2,1-5H3,(H,24,29)(H,25,30)/t;;;16-/m...0/s1. The van der Waals surface area contributed by atoms with Gasteiger partial charge in [-0.1, -0.05) is 0 Å². The lowest BCUT2D eigenvalue weighted by Crippen LogP contribution is -2.51. The number of Topliss-reactive ketones (excluding diaryl/α,β-unsaturated/α-hetero) is 4. The molecule has 0 aliphatic heterocycles. The van der Waals surface area contributed by atoms with Crippen LogP contribution in [-0.2, 0) is 69.7 Å². The van der Waals surface area contributed by atoms with E-state index in [9.17, 15) is 85.0 Å². The zero-order chi connectivity index (χ0) is 95.3. The SMILES string of the molecule is CCOC(=O)[C@H](CO)NC(=O)C(=O)c1c(C)c(C(=O)Nc2ccc(F)c(C)c2)c(C)n1C.Cc1c(C(=O)Nc2ccnc(F)c2)c(C)n(C)c1C(=O)C(=O)NC12CC3CC(CC1C3)C2.Cc1cc(NC(=O)c2c(C)c(C(=O)C(=O)NC34CC5CC(CC3C5)C4)n(C)c2C)ccc1F.Cc1nc2c(s1)CC(NC(=O)C(=O)c1c(C)c(C(=O)Nc3ccc(F)c(C)c3)c(C)n1C)CC2. The molecule has 6 heterocycles. The van der Waals surface area contributed by atoms with E-state index in [1.165, 1.54) is 86.1 Å². The summed E-state index contributed by atoms with van der Waals surface area (Å²) in [4.78, 5) is 177. The highest BCUT2D eigenvalue weighted by atomic mass is 32.1. The number of pyridine rings is 1. The van der Waals surface area contributed by atoms with Crippen LogP contribution in [0.2, 0.25) is 0 Å². The molecule has 0 spiro atoms. The van der Waals surface area contributed by atoms with Gasteiger partial charge in [-0.25, -0.2) is 27.9 Å². The van der Waals surface area contributed by atoms with Crippen LogP contribution >= 0.6 is 11.3 Å². The summed E-state index contributed by atoms with van der Waals surface area (Å²) in [6, 6.07) is 13.9. The van der Waals surface area contributed by atoms with E-state index in [4.69, 9.17) is 4.74 Å². The Bertz CT molecular complexity index is 6200. The van der Waals surface area contributed by atoms with Crippen molar-refractivity contribution in [1.82, 2.24) is 49.5 Å². The van der Waals surface area contributed by atoms with Crippen molar-refractivity contribution in [2.24, 2.45) is 63.7 Å². The Morgan fingerprint density at radius 3 is 1.15 bits per heavy atom. The second kappa shape index (κ2) is 38.3. The minimum atomic E-state index is -1.39. The summed E-state index contributed by atoms with van der Waals surface area (Å²) in [7, 11) is 6.56. The quantitative estimate of drug-likeness (QED) is 0.00944. The van der Waals surface area contributed by atoms with Crippen molar-refractivity contribution in [2.75, 3.05) is 34.5 Å². The van der Waals surface area contributed by atoms with E-state index in [2.05, 4.69) is 52.5 Å². The second-order valence-electron chi connectivity index (χ2n) is 36.2. The summed E-state index contributed by atoms with van der Waals surface area (Å²) in [5, 5.41) is 32.5. The number of hydrogen-bond donors (Lipinski definition) is 9. The molecule has 9 aliphatic carbocycles. The number of anilines is 4. The van der Waals surface area contributed by atoms with Gasteiger partial charge in [0.05, 0.1) is 68.9 Å². The Balaban J connectivity index is 0.000000149. The molecule has 6 aromatic heterocycles. The van der Waals surface area contributed by atoms with E-state index in [1.807, 2.05) is 6.92 Å². The maximum Gasteiger partial charge on any atom is 0.331 e. The van der Waals surface area contributed by atoms with Crippen LogP contribution in [0, 0.1) is 142 Å². The summed E-state index contributed by atoms with van der Waals surface area (Å²) in [5.74, 6) is -6.72. The van der Waals surface area contributed by atoms with Gasteiger partial charge in [-0.05, 0) is 302 Å². The average molecular weight is 1820 g/mol. The Kier molecular flexibility index (Phi) is 28.0. The van der Waals surface area contributed by atoms with Gasteiger partial charge < -0.3 is 70.6 Å². The molecule has 0 radical (unpaired) electrons. The largest absolute Gasteiger partial charge is 0.464 e. The first-order chi connectivity index (χ1) is 61.9. The van der Waals surface area contributed by atoms with Crippen LogP contribution in [0.3, 0.4) is 0 Å². The highest BCUT2D eigenvalue weighted by molar-refractivity contribution is 7.11. The lowest BCUT2D eigenvalue weighted by Gasteiger charge is -2.33. The van der Waals surface area contributed by atoms with Crippen molar-refractivity contribution >= 4 is 110 Å². The van der Waals surface area contributed by atoms with Crippen molar-refractivity contribution in [3.8, 4) is 0 Å². The van der Waals surface area contributed by atoms with E-state index >= 15 is 0 Å². The fraction of sp³-hybridized carbons (Fsp3) is 0.433. The number of hydrogen-bond acceptors (Lipinski definition) is 18. The summed E-state index contributed by atoms with van der Waals surface area (Å²) in [5.41, 5.74) is 8.89. The van der Waals surface area contributed by atoms with Crippen molar-refractivity contribution in [1.29, 1.82) is 0 Å². The number of aliphatic hydroxyl groups excluding tert-OH is 1. The fourth-order valence-electron chi connectivity index (χ4n) is 21.5. The summed E-state index contributed by atoms with van der Waals surface area (Å²) >= 11 is 1.62. The van der Waals surface area contributed by atoms with Crippen LogP contribution < -0.4 is 42.5 Å². The number of esters is 1. The van der Waals surface area contributed by atoms with Crippen LogP contribution in [0.4, 0.5) is 40.3 Å². The van der Waals surface area contributed by atoms with Gasteiger partial charge in [0.15, 0.2) is 6.04 Å². The molecule has 8 fully saturated rings. The van der Waals surface area contributed by atoms with Gasteiger partial charge in [0.2, 0.25) is 5.95 Å². The van der Waals surface area contributed by atoms with E-state index in [0.717, 1.165) is 85.9 Å². The highest BCUT2D eigenvalue weighted by Crippen LogP contribution is 2.61. The zero-order valence-electron chi connectivity index (χ0n) is 76.4. The third-order valence-electron chi connectivity index (χ3n) is 27.7. The second-order valence-corrected chi connectivity index (χ2v) is 37.4. The van der Waals surface area contributed by atoms with Gasteiger partial charge in [-0.3, -0.25) is 57.5 Å². The molecule has 9 aliphatic rings. The molecule has 131 heavy (non-hydrogen) atoms. The van der Waals surface area contributed by atoms with Crippen molar-refractivity contribution < 1.29 is 89.7 Å². The molecule has 692 valence electrons. The van der Waals surface area contributed by atoms with E-state index in [1.54, 1.807) is 134 Å². The van der Waals surface area contributed by atoms with Gasteiger partial charge >= 0.3 is 5.97 Å². The number of ketones is 4. The number of aromatic nitrogens is 6. The van der Waals surface area contributed by atoms with Crippen molar-refractivity contribution in [3.63, 3.8) is 0 Å². The van der Waals surface area contributed by atoms with Gasteiger partial charge in [-0.15, -0.1) is 11.3 Å². The van der Waals surface area contributed by atoms with Crippen LogP contribution in [0.1, 0.15) is 238 Å². The molecule has 8 amide bonds. The topological polar surface area (TPSA) is 393 Å². The first-order valence-electron chi connectivity index (χ1n) is 43.8. The fourth-order valence-corrected chi connectivity index (χ4v) is 22.5. The monoisotopic (exact) mass is 1820 g/mol. The number of rotatable bonds is 23. The molecule has 6 atom stereocenters. The molecule has 3 aromatic carbocycles. The number of ether oxygens (including phenoxy) is 1. The van der Waals surface area contributed by atoms with Gasteiger partial charge in [0.1, 0.15) is 17.5 Å². The number of nitrogens with zero attached hydrogens (tertiary/aromatic N) is 6. The van der Waals surface area contributed by atoms with Crippen LogP contribution in [-0.4, -0.2) is 146 Å².